The smallest absolute Gasteiger partial charge is 0.318 e. The highest BCUT2D eigenvalue weighted by Gasteiger charge is 2.43. The first-order chi connectivity index (χ1) is 12.5. The highest BCUT2D eigenvalue weighted by molar-refractivity contribution is 7.11. The van der Waals surface area contributed by atoms with Crippen molar-refractivity contribution in [3.63, 3.8) is 0 Å². The van der Waals surface area contributed by atoms with Crippen LogP contribution in [0.4, 0.5) is 4.79 Å². The molecule has 0 radical (unpaired) electrons. The fraction of sp³-hybridized carbons (Fsp3) is 0.588. The Labute approximate surface area is 156 Å². The summed E-state index contributed by atoms with van der Waals surface area (Å²) in [4.78, 5) is 42.2. The van der Waals surface area contributed by atoms with Crippen molar-refractivity contribution in [1.29, 1.82) is 0 Å². The molecule has 2 aliphatic rings. The Kier molecular flexibility index (Phi) is 5.77. The first kappa shape index (κ1) is 18.7. The number of thiophene rings is 1. The molecule has 1 aromatic rings. The number of carbonyl (C=O) groups is 3. The summed E-state index contributed by atoms with van der Waals surface area (Å²) in [5.74, 6) is -0.247. The third-order valence-corrected chi connectivity index (χ3v) is 5.65. The van der Waals surface area contributed by atoms with E-state index in [1.165, 1.54) is 4.88 Å². The molecule has 9 heteroatoms. The number of piperazine rings is 1. The normalized spacial score (nSPS) is 22.2. The number of urea groups is 1. The standard InChI is InChI=1S/C17H24N4O4S/c1-11-3-4-13(26-11)10-20(5-6-25-2)17(24)19-12-7-14-16(23)18-8-15(22)21(14)9-12/h3-4,12,14H,5-10H2,1-2H3,(H,18,23)(H,19,24)/t12-,14-/m0/s1. The van der Waals surface area contributed by atoms with Crippen LogP contribution in [0.1, 0.15) is 16.2 Å². The van der Waals surface area contributed by atoms with Gasteiger partial charge in [-0.3, -0.25) is 9.59 Å². The molecule has 0 unspecified atom stereocenters. The van der Waals surface area contributed by atoms with Crippen LogP contribution in [0.3, 0.4) is 0 Å². The van der Waals surface area contributed by atoms with Crippen LogP contribution in [-0.2, 0) is 20.9 Å². The summed E-state index contributed by atoms with van der Waals surface area (Å²) in [5, 5.41) is 5.57. The van der Waals surface area contributed by atoms with Crippen LogP contribution in [0, 0.1) is 6.92 Å². The number of aryl methyl sites for hydroxylation is 1. The summed E-state index contributed by atoms with van der Waals surface area (Å²) in [6, 6.07) is 3.15. The second-order valence-corrected chi connectivity index (χ2v) is 7.96. The molecule has 142 valence electrons. The fourth-order valence-corrected chi connectivity index (χ4v) is 4.23. The summed E-state index contributed by atoms with van der Waals surface area (Å²) >= 11 is 1.66. The molecule has 2 aliphatic heterocycles. The van der Waals surface area contributed by atoms with Crippen LogP contribution in [-0.4, -0.2) is 73.1 Å². The van der Waals surface area contributed by atoms with Crippen LogP contribution < -0.4 is 10.6 Å². The third-order valence-electron chi connectivity index (χ3n) is 4.66. The molecule has 2 saturated heterocycles. The molecule has 0 saturated carbocycles. The number of methoxy groups -OCH3 is 1. The molecule has 2 atom stereocenters. The van der Waals surface area contributed by atoms with Gasteiger partial charge < -0.3 is 25.2 Å². The van der Waals surface area contributed by atoms with E-state index in [9.17, 15) is 14.4 Å². The van der Waals surface area contributed by atoms with Crippen molar-refractivity contribution >= 4 is 29.2 Å². The quantitative estimate of drug-likeness (QED) is 0.743. The van der Waals surface area contributed by atoms with Crippen LogP contribution in [0.15, 0.2) is 12.1 Å². The molecule has 3 rings (SSSR count). The number of hydrogen-bond acceptors (Lipinski definition) is 5. The molecular weight excluding hydrogens is 356 g/mol. The van der Waals surface area contributed by atoms with E-state index in [1.807, 2.05) is 19.1 Å². The Hall–Kier alpha value is -2.13. The highest BCUT2D eigenvalue weighted by atomic mass is 32.1. The van der Waals surface area contributed by atoms with E-state index < -0.39 is 6.04 Å². The van der Waals surface area contributed by atoms with Crippen molar-refractivity contribution in [2.45, 2.75) is 32.0 Å². The monoisotopic (exact) mass is 380 g/mol. The molecule has 2 fully saturated rings. The van der Waals surface area contributed by atoms with Crippen molar-refractivity contribution in [2.24, 2.45) is 0 Å². The maximum atomic E-state index is 12.7. The fourth-order valence-electron chi connectivity index (χ4n) is 3.32. The van der Waals surface area contributed by atoms with Gasteiger partial charge in [-0.25, -0.2) is 4.79 Å². The minimum Gasteiger partial charge on any atom is -0.383 e. The van der Waals surface area contributed by atoms with E-state index in [0.717, 1.165) is 4.88 Å². The molecule has 3 heterocycles. The van der Waals surface area contributed by atoms with Gasteiger partial charge in [0, 0.05) is 30.0 Å². The molecule has 0 bridgehead atoms. The molecule has 0 aromatic carbocycles. The largest absolute Gasteiger partial charge is 0.383 e. The maximum absolute atomic E-state index is 12.7. The van der Waals surface area contributed by atoms with E-state index in [0.29, 0.717) is 32.7 Å². The molecular formula is C17H24N4O4S. The van der Waals surface area contributed by atoms with Gasteiger partial charge in [0.15, 0.2) is 0 Å². The zero-order chi connectivity index (χ0) is 18.7. The lowest BCUT2D eigenvalue weighted by Gasteiger charge is -2.28. The Bertz CT molecular complexity index is 668. The number of amides is 4. The molecule has 26 heavy (non-hydrogen) atoms. The maximum Gasteiger partial charge on any atom is 0.318 e. The minimum absolute atomic E-state index is 0.0354. The number of fused-ring (bicyclic) bond motifs is 1. The number of hydrogen-bond donors (Lipinski definition) is 2. The Balaban J connectivity index is 1.62. The zero-order valence-corrected chi connectivity index (χ0v) is 15.8. The van der Waals surface area contributed by atoms with Gasteiger partial charge in [0.05, 0.1) is 25.7 Å². The summed E-state index contributed by atoms with van der Waals surface area (Å²) in [6.07, 6.45) is 0.444. The number of carbonyl (C=O) groups excluding carboxylic acids is 3. The van der Waals surface area contributed by atoms with Crippen LogP contribution in [0.5, 0.6) is 0 Å². The van der Waals surface area contributed by atoms with Crippen molar-refractivity contribution in [2.75, 3.05) is 33.4 Å². The Morgan fingerprint density at radius 1 is 1.46 bits per heavy atom. The van der Waals surface area contributed by atoms with Crippen molar-refractivity contribution in [3.8, 4) is 0 Å². The van der Waals surface area contributed by atoms with Gasteiger partial charge in [-0.2, -0.15) is 0 Å². The lowest BCUT2D eigenvalue weighted by Crippen LogP contribution is -2.55. The van der Waals surface area contributed by atoms with E-state index in [-0.39, 0.29) is 30.4 Å². The average Bonchev–Trinajstić information content (AvgIpc) is 3.21. The SMILES string of the molecule is COCCN(Cc1ccc(C)s1)C(=O)N[C@H]1C[C@H]2C(=O)NCC(=O)N2C1. The molecule has 0 aliphatic carbocycles. The van der Waals surface area contributed by atoms with E-state index in [4.69, 9.17) is 4.74 Å². The van der Waals surface area contributed by atoms with Crippen LogP contribution >= 0.6 is 11.3 Å². The van der Waals surface area contributed by atoms with Gasteiger partial charge in [-0.15, -0.1) is 11.3 Å². The van der Waals surface area contributed by atoms with Gasteiger partial charge in [0.1, 0.15) is 6.04 Å². The van der Waals surface area contributed by atoms with Crippen molar-refractivity contribution in [3.05, 3.63) is 21.9 Å². The zero-order valence-electron chi connectivity index (χ0n) is 15.0. The molecule has 8 nitrogen and oxygen atoms in total. The van der Waals surface area contributed by atoms with Crippen molar-refractivity contribution < 1.29 is 19.1 Å². The summed E-state index contributed by atoms with van der Waals surface area (Å²) in [6.45, 7) is 3.86. The second kappa shape index (κ2) is 8.05. The number of ether oxygens (including phenoxy) is 1. The summed E-state index contributed by atoms with van der Waals surface area (Å²) in [5.41, 5.74) is 0. The van der Waals surface area contributed by atoms with Gasteiger partial charge in [0.25, 0.3) is 0 Å². The van der Waals surface area contributed by atoms with Crippen LogP contribution in [0.2, 0.25) is 0 Å². The van der Waals surface area contributed by atoms with E-state index in [1.54, 1.807) is 28.2 Å². The van der Waals surface area contributed by atoms with Crippen molar-refractivity contribution in [1.82, 2.24) is 20.4 Å². The van der Waals surface area contributed by atoms with Crippen LogP contribution in [0.25, 0.3) is 0 Å². The number of nitrogens with one attached hydrogen (secondary N) is 2. The molecule has 0 spiro atoms. The van der Waals surface area contributed by atoms with Gasteiger partial charge in [0.2, 0.25) is 11.8 Å². The Morgan fingerprint density at radius 2 is 2.27 bits per heavy atom. The molecule has 1 aromatic heterocycles. The first-order valence-electron chi connectivity index (χ1n) is 8.65. The Morgan fingerprint density at radius 3 is 2.92 bits per heavy atom. The highest BCUT2D eigenvalue weighted by Crippen LogP contribution is 2.21. The predicted octanol–water partition coefficient (Wildman–Crippen LogP) is 0.314. The van der Waals surface area contributed by atoms with Gasteiger partial charge >= 0.3 is 6.03 Å². The molecule has 2 N–H and O–H groups in total. The third kappa shape index (κ3) is 4.16. The average molecular weight is 380 g/mol. The van der Waals surface area contributed by atoms with Gasteiger partial charge in [-0.1, -0.05) is 0 Å². The molecule has 4 amide bonds. The van der Waals surface area contributed by atoms with Gasteiger partial charge in [-0.05, 0) is 25.5 Å². The topological polar surface area (TPSA) is 91.0 Å². The van der Waals surface area contributed by atoms with E-state index in [2.05, 4.69) is 10.6 Å². The number of nitrogens with zero attached hydrogens (tertiary/aromatic N) is 2. The predicted molar refractivity (Wildman–Crippen MR) is 96.8 cm³/mol. The summed E-state index contributed by atoms with van der Waals surface area (Å²) < 4.78 is 5.12. The minimum atomic E-state index is -0.478. The first-order valence-corrected chi connectivity index (χ1v) is 9.46. The lowest BCUT2D eigenvalue weighted by molar-refractivity contribution is -0.143. The van der Waals surface area contributed by atoms with E-state index >= 15 is 0 Å². The lowest BCUT2D eigenvalue weighted by atomic mass is 10.1. The number of rotatable bonds is 6. The summed E-state index contributed by atoms with van der Waals surface area (Å²) in [7, 11) is 1.60. The second-order valence-electron chi connectivity index (χ2n) is 6.59.